The Labute approximate surface area is 839 Å². The highest BCUT2D eigenvalue weighted by Gasteiger charge is 2.26. The average Bonchev–Trinajstić information content (AvgIpc) is 1.56. The summed E-state index contributed by atoms with van der Waals surface area (Å²) in [7, 11) is 0. The van der Waals surface area contributed by atoms with E-state index in [0.29, 0.717) is 52.4 Å². The Morgan fingerprint density at radius 1 is 0.139 bits per heavy atom. The van der Waals surface area contributed by atoms with Gasteiger partial charge in [-0.2, -0.15) is 0 Å². The molecule has 12 nitrogen and oxygen atoms in total. The van der Waals surface area contributed by atoms with Crippen molar-refractivity contribution < 1.29 is 0 Å². The second-order valence-corrected chi connectivity index (χ2v) is 38.9. The first kappa shape index (κ1) is 84.7. The summed E-state index contributed by atoms with van der Waals surface area (Å²) < 4.78 is 15.1. The van der Waals surface area contributed by atoms with Gasteiger partial charge in [0.05, 0.1) is 47.2 Å². The Kier molecular flexibility index (Phi) is 21.2. The summed E-state index contributed by atoms with van der Waals surface area (Å²) in [5.74, 6) is 5.88. The number of hydrogen-bond donors (Lipinski definition) is 0. The average molecular weight is 1890 g/mol. The van der Waals surface area contributed by atoms with Crippen molar-refractivity contribution in [2.75, 3.05) is 0 Å². The van der Waals surface area contributed by atoms with Gasteiger partial charge in [0, 0.05) is 146 Å². The van der Waals surface area contributed by atoms with Crippen molar-refractivity contribution in [3.05, 3.63) is 485 Å². The molecule has 0 radical (unpaired) electrons. The van der Waals surface area contributed by atoms with Crippen LogP contribution in [0.1, 0.15) is 0 Å². The molecule has 0 unspecified atom stereocenters. The van der Waals surface area contributed by atoms with Crippen molar-refractivity contribution in [1.29, 1.82) is 0 Å². The lowest BCUT2D eigenvalue weighted by atomic mass is 10.0. The van der Waals surface area contributed by atoms with E-state index in [2.05, 4.69) is 317 Å². The van der Waals surface area contributed by atoms with Crippen molar-refractivity contribution in [1.82, 2.24) is 58.6 Å². The summed E-state index contributed by atoms with van der Waals surface area (Å²) in [4.78, 5) is 44.3. The van der Waals surface area contributed by atoms with Crippen molar-refractivity contribution in [2.24, 2.45) is 0 Å². The van der Waals surface area contributed by atoms with Crippen LogP contribution in [0.2, 0.25) is 0 Å². The van der Waals surface area contributed by atoms with Crippen LogP contribution < -0.4 is 0 Å². The molecule has 0 N–H and O–H groups in total. The number of hydrogen-bond acceptors (Lipinski definition) is 12. The lowest BCUT2D eigenvalue weighted by Crippen LogP contribution is -2.00. The van der Waals surface area contributed by atoms with E-state index in [1.807, 2.05) is 216 Å². The molecule has 0 bridgehead atoms. The van der Waals surface area contributed by atoms with E-state index in [-0.39, 0.29) is 0 Å². The highest BCUT2D eigenvalue weighted by Crippen LogP contribution is 2.50. The van der Waals surface area contributed by atoms with Gasteiger partial charge in [-0.3, -0.25) is 0 Å². The third kappa shape index (κ3) is 15.2. The molecule has 0 saturated carbocycles. The van der Waals surface area contributed by atoms with Gasteiger partial charge in [0.25, 0.3) is 0 Å². The Morgan fingerprint density at radius 3 is 0.715 bits per heavy atom. The van der Waals surface area contributed by atoms with Gasteiger partial charge >= 0.3 is 0 Å². The van der Waals surface area contributed by atoms with Crippen molar-refractivity contribution in [3.8, 4) is 142 Å². The van der Waals surface area contributed by atoms with Gasteiger partial charge in [0.1, 0.15) is 0 Å². The normalized spacial score (nSPS) is 11.6. The highest BCUT2D eigenvalue weighted by molar-refractivity contribution is 7.28. The summed E-state index contributed by atoms with van der Waals surface area (Å²) in [6.07, 6.45) is 0. The Bertz CT molecular complexity index is 9800. The Hall–Kier alpha value is -18.5. The molecule has 0 amide bonds. The van der Waals surface area contributed by atoms with Crippen LogP contribution >= 0.6 is 34.0 Å². The molecule has 29 aromatic rings. The quantitative estimate of drug-likeness (QED) is 0.104. The second kappa shape index (κ2) is 36.0. The standard InChI is InChI=1S/2C45H28N4S.C39H24N4S/c1-4-13-29(14-5-1)34-20-12-21-37-38-28-27-36-35-19-10-11-22-39(35)49(40(36)42(38)50-41(34)37)33-25-23-32(24-26-33)45-47-43(30-15-6-2-7-16-30)46-44(48-45)31-17-8-3-9-18-31;1-4-12-29(13-5-1)33-22-27-39-38(28-33)36-25-26-37-35-18-10-11-19-40(35)50-42(37)41(36)49(39)34-23-20-32(21-24-34)45-47-43(30-14-6-2-7-15-30)46-44(48-45)31-16-8-3-9-17-31;1-3-11-25(12-4-1)37-40-38(26-13-5-2-6-14-26)42-39(41-37)27-19-21-28(22-20-27)43-33-17-9-7-15-29(33)31-23-24-32-30-16-8-10-18-34(30)44-36(32)35(31)43/h2*1-28H;1-24H. The van der Waals surface area contributed by atoms with Crippen LogP contribution in [0.15, 0.2) is 485 Å². The summed E-state index contributed by atoms with van der Waals surface area (Å²) in [6.45, 7) is 0. The van der Waals surface area contributed by atoms with E-state index in [0.717, 1.165) is 67.1 Å². The molecule has 0 aliphatic heterocycles. The molecule has 674 valence electrons. The Morgan fingerprint density at radius 2 is 0.375 bits per heavy atom. The monoisotopic (exact) mass is 1890 g/mol. The fraction of sp³-hybridized carbons (Fsp3) is 0. The molecule has 0 spiro atoms. The zero-order valence-electron chi connectivity index (χ0n) is 77.3. The van der Waals surface area contributed by atoms with Crippen LogP contribution in [-0.2, 0) is 0 Å². The number of para-hydroxylation sites is 2. The molecule has 15 heteroatoms. The molecule has 0 atom stereocenters. The van der Waals surface area contributed by atoms with Crippen LogP contribution in [0.5, 0.6) is 0 Å². The molecule has 0 aliphatic carbocycles. The van der Waals surface area contributed by atoms with Crippen molar-refractivity contribution >= 4 is 160 Å². The first-order valence-electron chi connectivity index (χ1n) is 48.0. The molecular formula is C129H80N12S3. The summed E-state index contributed by atoms with van der Waals surface area (Å²) >= 11 is 5.62. The molecule has 0 aliphatic rings. The summed E-state index contributed by atoms with van der Waals surface area (Å²) in [5, 5.41) is 15.3. The fourth-order valence-corrected chi connectivity index (χ4v) is 24.2. The minimum absolute atomic E-state index is 0.644. The van der Waals surface area contributed by atoms with Gasteiger partial charge in [0.2, 0.25) is 0 Å². The van der Waals surface area contributed by atoms with Crippen molar-refractivity contribution in [2.45, 2.75) is 0 Å². The number of fused-ring (bicyclic) bond motifs is 21. The predicted octanol–water partition coefficient (Wildman–Crippen LogP) is 34.3. The van der Waals surface area contributed by atoms with E-state index < -0.39 is 0 Å². The molecule has 20 aromatic carbocycles. The molecule has 29 rings (SSSR count). The maximum absolute atomic E-state index is 4.97. The number of nitrogens with zero attached hydrogens (tertiary/aromatic N) is 12. The molecule has 9 heterocycles. The number of thiophene rings is 3. The van der Waals surface area contributed by atoms with Crippen molar-refractivity contribution in [3.63, 3.8) is 0 Å². The maximum Gasteiger partial charge on any atom is 0.164 e. The smallest absolute Gasteiger partial charge is 0.164 e. The van der Waals surface area contributed by atoms with E-state index in [1.54, 1.807) is 0 Å². The van der Waals surface area contributed by atoms with Crippen LogP contribution in [0.4, 0.5) is 0 Å². The fourth-order valence-electron chi connectivity index (χ4n) is 20.4. The lowest BCUT2D eigenvalue weighted by molar-refractivity contribution is 1.07. The van der Waals surface area contributed by atoms with Crippen LogP contribution in [0.3, 0.4) is 0 Å². The summed E-state index contributed by atoms with van der Waals surface area (Å²) in [6, 6.07) is 170. The Balaban J connectivity index is 0.000000108. The van der Waals surface area contributed by atoms with Gasteiger partial charge in [0.15, 0.2) is 52.4 Å². The van der Waals surface area contributed by atoms with Crippen LogP contribution in [0.25, 0.3) is 268 Å². The van der Waals surface area contributed by atoms with Gasteiger partial charge in [-0.15, -0.1) is 34.0 Å². The van der Waals surface area contributed by atoms with E-state index in [4.69, 9.17) is 44.9 Å². The van der Waals surface area contributed by atoms with Gasteiger partial charge in [-0.1, -0.05) is 376 Å². The van der Waals surface area contributed by atoms with Crippen LogP contribution in [0, 0.1) is 0 Å². The minimum atomic E-state index is 0.644. The van der Waals surface area contributed by atoms with Gasteiger partial charge in [-0.05, 0) is 131 Å². The van der Waals surface area contributed by atoms with Gasteiger partial charge < -0.3 is 13.7 Å². The largest absolute Gasteiger partial charge is 0.308 e. The third-order valence-corrected chi connectivity index (χ3v) is 30.8. The third-order valence-electron chi connectivity index (χ3n) is 27.2. The molecular weight excluding hydrogens is 1810 g/mol. The zero-order valence-corrected chi connectivity index (χ0v) is 79.7. The van der Waals surface area contributed by atoms with Gasteiger partial charge in [-0.25, -0.2) is 44.9 Å². The van der Waals surface area contributed by atoms with E-state index in [1.165, 1.54) is 148 Å². The first-order valence-corrected chi connectivity index (χ1v) is 50.5. The topological polar surface area (TPSA) is 131 Å². The number of benzene rings is 20. The SMILES string of the molecule is c1ccc(-c2ccc3c(c2)c2ccc4c5ccccc5sc4c2n3-c2ccc(-c3nc(-c4ccccc4)nc(-c4ccccc4)n3)cc2)cc1.c1ccc(-c2nc(-c3ccccc3)nc(-c3ccc(-n4c5ccccc5c5ccc6c7cccc(-c8ccccc8)c7sc6c54)cc3)n2)cc1.c1ccc(-c2nc(-c3ccccc3)nc(-c3ccc(-n4c5ccccc5c5ccc6c7ccccc7sc6c54)cc3)n2)cc1. The predicted molar refractivity (Wildman–Crippen MR) is 601 cm³/mol. The van der Waals surface area contributed by atoms with E-state index in [9.17, 15) is 0 Å². The molecule has 9 aromatic heterocycles. The second-order valence-electron chi connectivity index (χ2n) is 35.8. The molecule has 144 heavy (non-hydrogen) atoms. The number of rotatable bonds is 14. The minimum Gasteiger partial charge on any atom is -0.308 e. The number of aromatic nitrogens is 12. The highest BCUT2D eigenvalue weighted by atomic mass is 32.1. The lowest BCUT2D eigenvalue weighted by Gasteiger charge is -2.11. The maximum atomic E-state index is 4.97. The molecule has 0 fully saturated rings. The zero-order chi connectivity index (χ0) is 95.1. The van der Waals surface area contributed by atoms with E-state index >= 15 is 0 Å². The van der Waals surface area contributed by atoms with Crippen LogP contribution in [-0.4, -0.2) is 58.6 Å². The summed E-state index contributed by atoms with van der Waals surface area (Å²) in [5.41, 5.74) is 24.0. The first-order chi connectivity index (χ1) is 71.4. The molecule has 0 saturated heterocycles.